The van der Waals surface area contributed by atoms with Crippen LogP contribution in [0.15, 0.2) is 11.4 Å². The Hall–Kier alpha value is -0.340. The SMILES string of the molecule is CC1CC1NC1CCCc2sccc21. The van der Waals surface area contributed by atoms with E-state index < -0.39 is 0 Å². The molecule has 0 aliphatic heterocycles. The fourth-order valence-electron chi connectivity index (χ4n) is 2.47. The van der Waals surface area contributed by atoms with Crippen LogP contribution in [-0.2, 0) is 6.42 Å². The second-order valence-corrected chi connectivity index (χ2v) is 5.73. The summed E-state index contributed by atoms with van der Waals surface area (Å²) in [5, 5.41) is 6.04. The Bertz CT molecular complexity index is 331. The van der Waals surface area contributed by atoms with Gasteiger partial charge in [0.25, 0.3) is 0 Å². The number of hydrogen-bond donors (Lipinski definition) is 1. The third-order valence-corrected chi connectivity index (χ3v) is 4.57. The van der Waals surface area contributed by atoms with Crippen LogP contribution < -0.4 is 5.32 Å². The van der Waals surface area contributed by atoms with E-state index in [2.05, 4.69) is 23.7 Å². The van der Waals surface area contributed by atoms with Crippen molar-refractivity contribution >= 4 is 11.3 Å². The standard InChI is InChI=1S/C12H17NS/c1-8-7-11(8)13-10-3-2-4-12-9(10)5-6-14-12/h5-6,8,10-11,13H,2-4,7H2,1H3. The Balaban J connectivity index is 1.75. The van der Waals surface area contributed by atoms with Gasteiger partial charge in [0, 0.05) is 17.0 Å². The van der Waals surface area contributed by atoms with Gasteiger partial charge in [-0.15, -0.1) is 11.3 Å². The van der Waals surface area contributed by atoms with Crippen LogP contribution in [0.1, 0.15) is 42.7 Å². The molecular formula is C12H17NS. The monoisotopic (exact) mass is 207 g/mol. The first-order valence-corrected chi connectivity index (χ1v) is 6.55. The van der Waals surface area contributed by atoms with E-state index in [0.717, 1.165) is 12.0 Å². The molecule has 1 heterocycles. The topological polar surface area (TPSA) is 12.0 Å². The first-order chi connectivity index (χ1) is 6.84. The van der Waals surface area contributed by atoms with E-state index in [1.165, 1.54) is 25.7 Å². The van der Waals surface area contributed by atoms with Gasteiger partial charge in [0.1, 0.15) is 0 Å². The van der Waals surface area contributed by atoms with Gasteiger partial charge in [-0.05, 0) is 48.6 Å². The van der Waals surface area contributed by atoms with Crippen molar-refractivity contribution < 1.29 is 0 Å². The largest absolute Gasteiger partial charge is 0.307 e. The lowest BCUT2D eigenvalue weighted by molar-refractivity contribution is 0.452. The maximum absolute atomic E-state index is 3.79. The molecule has 0 amide bonds. The number of nitrogens with one attached hydrogen (secondary N) is 1. The average Bonchev–Trinajstić information content (AvgIpc) is 2.69. The third kappa shape index (κ3) is 1.51. The van der Waals surface area contributed by atoms with Crippen LogP contribution in [-0.4, -0.2) is 6.04 Å². The number of aryl methyl sites for hydroxylation is 1. The Labute approximate surface area is 89.5 Å². The average molecular weight is 207 g/mol. The predicted molar refractivity (Wildman–Crippen MR) is 60.7 cm³/mol. The quantitative estimate of drug-likeness (QED) is 0.785. The molecule has 3 rings (SSSR count). The Morgan fingerprint density at radius 1 is 1.50 bits per heavy atom. The number of hydrogen-bond acceptors (Lipinski definition) is 2. The van der Waals surface area contributed by atoms with Crippen LogP contribution >= 0.6 is 11.3 Å². The predicted octanol–water partition coefficient (Wildman–Crippen LogP) is 3.12. The lowest BCUT2D eigenvalue weighted by atomic mass is 9.94. The molecule has 0 bridgehead atoms. The molecule has 76 valence electrons. The molecule has 0 radical (unpaired) electrons. The van der Waals surface area contributed by atoms with Crippen molar-refractivity contribution in [3.63, 3.8) is 0 Å². The molecule has 1 N–H and O–H groups in total. The molecule has 1 aromatic rings. The Morgan fingerprint density at radius 3 is 3.14 bits per heavy atom. The van der Waals surface area contributed by atoms with Crippen LogP contribution in [0.4, 0.5) is 0 Å². The molecule has 2 aliphatic rings. The summed E-state index contributed by atoms with van der Waals surface area (Å²) < 4.78 is 0. The van der Waals surface area contributed by atoms with E-state index in [0.29, 0.717) is 6.04 Å². The summed E-state index contributed by atoms with van der Waals surface area (Å²) in [5.74, 6) is 0.916. The molecule has 0 spiro atoms. The number of fused-ring (bicyclic) bond motifs is 1. The molecule has 1 nitrogen and oxygen atoms in total. The molecular weight excluding hydrogens is 190 g/mol. The molecule has 1 aromatic heterocycles. The van der Waals surface area contributed by atoms with Crippen LogP contribution in [0.3, 0.4) is 0 Å². The minimum absolute atomic E-state index is 0.667. The van der Waals surface area contributed by atoms with Crippen molar-refractivity contribution in [3.05, 3.63) is 21.9 Å². The fraction of sp³-hybridized carbons (Fsp3) is 0.667. The van der Waals surface area contributed by atoms with Crippen molar-refractivity contribution in [1.29, 1.82) is 0 Å². The van der Waals surface area contributed by atoms with Crippen LogP contribution in [0.25, 0.3) is 0 Å². The van der Waals surface area contributed by atoms with E-state index in [1.54, 1.807) is 10.4 Å². The van der Waals surface area contributed by atoms with Gasteiger partial charge < -0.3 is 5.32 Å². The van der Waals surface area contributed by atoms with E-state index >= 15 is 0 Å². The summed E-state index contributed by atoms with van der Waals surface area (Å²) in [6.45, 7) is 2.34. The number of thiophene rings is 1. The third-order valence-electron chi connectivity index (χ3n) is 3.58. The summed E-state index contributed by atoms with van der Waals surface area (Å²) >= 11 is 1.94. The Morgan fingerprint density at radius 2 is 2.36 bits per heavy atom. The maximum Gasteiger partial charge on any atom is 0.0333 e. The van der Waals surface area contributed by atoms with Crippen molar-refractivity contribution in [3.8, 4) is 0 Å². The van der Waals surface area contributed by atoms with Gasteiger partial charge in [-0.25, -0.2) is 0 Å². The summed E-state index contributed by atoms with van der Waals surface area (Å²) in [6, 6.07) is 3.80. The zero-order valence-corrected chi connectivity index (χ0v) is 9.44. The van der Waals surface area contributed by atoms with Gasteiger partial charge in [0.05, 0.1) is 0 Å². The fourth-order valence-corrected chi connectivity index (χ4v) is 3.46. The minimum atomic E-state index is 0.667. The Kier molecular flexibility index (Phi) is 2.14. The van der Waals surface area contributed by atoms with Gasteiger partial charge in [0.2, 0.25) is 0 Å². The van der Waals surface area contributed by atoms with Crippen LogP contribution in [0.2, 0.25) is 0 Å². The van der Waals surface area contributed by atoms with Gasteiger partial charge in [0.15, 0.2) is 0 Å². The lowest BCUT2D eigenvalue weighted by Gasteiger charge is -2.23. The minimum Gasteiger partial charge on any atom is -0.307 e. The first kappa shape index (κ1) is 8.93. The second kappa shape index (κ2) is 3.35. The molecule has 3 unspecified atom stereocenters. The van der Waals surface area contributed by atoms with Crippen LogP contribution in [0, 0.1) is 5.92 Å². The molecule has 2 aliphatic carbocycles. The zero-order valence-electron chi connectivity index (χ0n) is 8.62. The summed E-state index contributed by atoms with van der Waals surface area (Å²) in [6.07, 6.45) is 5.40. The van der Waals surface area contributed by atoms with Gasteiger partial charge >= 0.3 is 0 Å². The smallest absolute Gasteiger partial charge is 0.0333 e. The second-order valence-electron chi connectivity index (χ2n) is 4.73. The molecule has 14 heavy (non-hydrogen) atoms. The van der Waals surface area contributed by atoms with Crippen molar-refractivity contribution in [2.75, 3.05) is 0 Å². The van der Waals surface area contributed by atoms with Gasteiger partial charge in [-0.2, -0.15) is 0 Å². The highest BCUT2D eigenvalue weighted by Gasteiger charge is 2.35. The molecule has 3 atom stereocenters. The molecule has 1 fully saturated rings. The van der Waals surface area contributed by atoms with Gasteiger partial charge in [-0.1, -0.05) is 6.92 Å². The van der Waals surface area contributed by atoms with Crippen LogP contribution in [0.5, 0.6) is 0 Å². The van der Waals surface area contributed by atoms with Crippen molar-refractivity contribution in [2.45, 2.75) is 44.7 Å². The lowest BCUT2D eigenvalue weighted by Crippen LogP contribution is -2.26. The summed E-state index contributed by atoms with van der Waals surface area (Å²) in [4.78, 5) is 1.63. The van der Waals surface area contributed by atoms with E-state index in [1.807, 2.05) is 11.3 Å². The summed E-state index contributed by atoms with van der Waals surface area (Å²) in [7, 11) is 0. The normalized spacial score (nSPS) is 35.4. The summed E-state index contributed by atoms with van der Waals surface area (Å²) in [5.41, 5.74) is 1.60. The maximum atomic E-state index is 3.79. The van der Waals surface area contributed by atoms with E-state index in [-0.39, 0.29) is 0 Å². The number of rotatable bonds is 2. The van der Waals surface area contributed by atoms with Crippen molar-refractivity contribution in [1.82, 2.24) is 5.32 Å². The highest BCUT2D eigenvalue weighted by molar-refractivity contribution is 7.10. The first-order valence-electron chi connectivity index (χ1n) is 5.67. The zero-order chi connectivity index (χ0) is 9.54. The molecule has 1 saturated carbocycles. The van der Waals surface area contributed by atoms with E-state index in [4.69, 9.17) is 0 Å². The highest BCUT2D eigenvalue weighted by atomic mass is 32.1. The molecule has 0 aromatic carbocycles. The van der Waals surface area contributed by atoms with E-state index in [9.17, 15) is 0 Å². The van der Waals surface area contributed by atoms with Gasteiger partial charge in [-0.3, -0.25) is 0 Å². The van der Waals surface area contributed by atoms with Crippen molar-refractivity contribution in [2.24, 2.45) is 5.92 Å². The molecule has 0 saturated heterocycles. The molecule has 2 heteroatoms. The highest BCUT2D eigenvalue weighted by Crippen LogP contribution is 2.37.